The van der Waals surface area contributed by atoms with Gasteiger partial charge in [0.2, 0.25) is 0 Å². The quantitative estimate of drug-likeness (QED) is 0.793. The fourth-order valence-electron chi connectivity index (χ4n) is 1.53. The van der Waals surface area contributed by atoms with E-state index < -0.39 is 0 Å². The molecule has 0 aliphatic rings. The number of carbonyl (C=O) groups excluding carboxylic acids is 1. The van der Waals surface area contributed by atoms with Gasteiger partial charge >= 0.3 is 0 Å². The SMILES string of the molecule is CN(C(=O)c1ccccc1)c1cc[c]c(Cl)c1. The predicted molar refractivity (Wildman–Crippen MR) is 69.5 cm³/mol. The average Bonchev–Trinajstić information content (AvgIpc) is 2.38. The maximum atomic E-state index is 12.1. The summed E-state index contributed by atoms with van der Waals surface area (Å²) < 4.78 is 0. The summed E-state index contributed by atoms with van der Waals surface area (Å²) in [4.78, 5) is 13.7. The standard InChI is InChI=1S/C14H11ClNO/c1-16(13-9-5-8-12(15)10-13)14(17)11-6-3-2-4-7-11/h2-7,9-10H,1H3. The summed E-state index contributed by atoms with van der Waals surface area (Å²) in [6.07, 6.45) is 0. The van der Waals surface area contributed by atoms with Gasteiger partial charge in [0.25, 0.3) is 5.91 Å². The lowest BCUT2D eigenvalue weighted by atomic mass is 10.2. The Morgan fingerprint density at radius 2 is 1.94 bits per heavy atom. The van der Waals surface area contributed by atoms with Gasteiger partial charge in [-0.25, -0.2) is 0 Å². The molecule has 0 saturated heterocycles. The maximum Gasteiger partial charge on any atom is 0.258 e. The van der Waals surface area contributed by atoms with Crippen LogP contribution in [0.25, 0.3) is 0 Å². The molecule has 3 heteroatoms. The molecule has 0 aromatic heterocycles. The molecule has 17 heavy (non-hydrogen) atoms. The van der Waals surface area contributed by atoms with Gasteiger partial charge in [0.1, 0.15) is 0 Å². The van der Waals surface area contributed by atoms with Crippen molar-refractivity contribution in [3.63, 3.8) is 0 Å². The van der Waals surface area contributed by atoms with Crippen LogP contribution in [0.3, 0.4) is 0 Å². The summed E-state index contributed by atoms with van der Waals surface area (Å²) in [6.45, 7) is 0. The Morgan fingerprint density at radius 3 is 2.59 bits per heavy atom. The monoisotopic (exact) mass is 244 g/mol. The van der Waals surface area contributed by atoms with E-state index in [-0.39, 0.29) is 5.91 Å². The first kappa shape index (κ1) is 11.7. The summed E-state index contributed by atoms with van der Waals surface area (Å²) in [5.41, 5.74) is 1.40. The summed E-state index contributed by atoms with van der Waals surface area (Å²) in [7, 11) is 1.72. The fourth-order valence-corrected chi connectivity index (χ4v) is 1.70. The van der Waals surface area contributed by atoms with Gasteiger partial charge in [-0.15, -0.1) is 0 Å². The number of hydrogen-bond acceptors (Lipinski definition) is 1. The van der Waals surface area contributed by atoms with Crippen LogP contribution in [-0.2, 0) is 0 Å². The van der Waals surface area contributed by atoms with Crippen molar-refractivity contribution in [1.29, 1.82) is 0 Å². The number of rotatable bonds is 2. The highest BCUT2D eigenvalue weighted by Crippen LogP contribution is 2.19. The summed E-state index contributed by atoms with van der Waals surface area (Å²) in [6, 6.07) is 17.2. The van der Waals surface area contributed by atoms with E-state index in [1.807, 2.05) is 18.2 Å². The molecule has 85 valence electrons. The Hall–Kier alpha value is -1.80. The molecule has 1 amide bonds. The van der Waals surface area contributed by atoms with Gasteiger partial charge in [-0.1, -0.05) is 35.9 Å². The molecule has 2 aromatic carbocycles. The third-order valence-corrected chi connectivity index (χ3v) is 2.68. The minimum absolute atomic E-state index is 0.0622. The van der Waals surface area contributed by atoms with E-state index in [1.165, 1.54) is 0 Å². The number of amides is 1. The Balaban J connectivity index is 2.27. The fraction of sp³-hybridized carbons (Fsp3) is 0.0714. The summed E-state index contributed by atoms with van der Waals surface area (Å²) in [5, 5.41) is 0.496. The maximum absolute atomic E-state index is 12.1. The van der Waals surface area contributed by atoms with Crippen molar-refractivity contribution < 1.29 is 4.79 Å². The minimum Gasteiger partial charge on any atom is -0.311 e. The molecule has 0 fully saturated rings. The lowest BCUT2D eigenvalue weighted by molar-refractivity contribution is 0.0993. The zero-order chi connectivity index (χ0) is 12.3. The zero-order valence-electron chi connectivity index (χ0n) is 9.35. The van der Waals surface area contributed by atoms with Crippen LogP contribution < -0.4 is 4.90 Å². The van der Waals surface area contributed by atoms with Crippen LogP contribution in [-0.4, -0.2) is 13.0 Å². The Morgan fingerprint density at radius 1 is 1.24 bits per heavy atom. The van der Waals surface area contributed by atoms with Gasteiger partial charge in [0.05, 0.1) is 5.02 Å². The Kier molecular flexibility index (Phi) is 3.45. The van der Waals surface area contributed by atoms with Crippen molar-refractivity contribution in [2.45, 2.75) is 0 Å². The van der Waals surface area contributed by atoms with Crippen molar-refractivity contribution in [3.8, 4) is 0 Å². The highest BCUT2D eigenvalue weighted by molar-refractivity contribution is 6.30. The first-order valence-corrected chi connectivity index (χ1v) is 5.56. The molecule has 2 aromatic rings. The molecule has 0 bridgehead atoms. The minimum atomic E-state index is -0.0622. The molecule has 0 N–H and O–H groups in total. The molecular formula is C14H11ClNO. The lowest BCUT2D eigenvalue weighted by Gasteiger charge is -2.17. The van der Waals surface area contributed by atoms with Gasteiger partial charge < -0.3 is 4.90 Å². The second-order valence-electron chi connectivity index (χ2n) is 3.63. The van der Waals surface area contributed by atoms with E-state index in [0.29, 0.717) is 10.6 Å². The van der Waals surface area contributed by atoms with E-state index in [0.717, 1.165) is 5.69 Å². The molecule has 0 saturated carbocycles. The van der Waals surface area contributed by atoms with Gasteiger partial charge in [-0.05, 0) is 24.3 Å². The predicted octanol–water partition coefficient (Wildman–Crippen LogP) is 3.42. The summed E-state index contributed by atoms with van der Waals surface area (Å²) in [5.74, 6) is -0.0622. The third kappa shape index (κ3) is 2.66. The first-order chi connectivity index (χ1) is 8.18. The Labute approximate surface area is 105 Å². The van der Waals surface area contributed by atoms with Crippen molar-refractivity contribution in [3.05, 3.63) is 65.2 Å². The average molecular weight is 245 g/mol. The van der Waals surface area contributed by atoms with Crippen LogP contribution in [0.4, 0.5) is 5.69 Å². The molecule has 0 aliphatic carbocycles. The number of nitrogens with zero attached hydrogens (tertiary/aromatic N) is 1. The van der Waals surface area contributed by atoms with Crippen LogP contribution in [0, 0.1) is 6.07 Å². The molecule has 0 atom stereocenters. The molecule has 1 radical (unpaired) electrons. The van der Waals surface area contributed by atoms with Gasteiger partial charge in [-0.3, -0.25) is 4.79 Å². The van der Waals surface area contributed by atoms with Crippen molar-refractivity contribution >= 4 is 23.2 Å². The van der Waals surface area contributed by atoms with Crippen LogP contribution in [0.5, 0.6) is 0 Å². The highest BCUT2D eigenvalue weighted by Gasteiger charge is 2.12. The van der Waals surface area contributed by atoms with Crippen molar-refractivity contribution in [2.24, 2.45) is 0 Å². The second kappa shape index (κ2) is 5.02. The number of carbonyl (C=O) groups is 1. The topological polar surface area (TPSA) is 20.3 Å². The van der Waals surface area contributed by atoms with Crippen LogP contribution in [0.15, 0.2) is 48.5 Å². The molecule has 2 rings (SSSR count). The lowest BCUT2D eigenvalue weighted by Crippen LogP contribution is -2.26. The number of hydrogen-bond donors (Lipinski definition) is 0. The van der Waals surface area contributed by atoms with Crippen LogP contribution in [0.2, 0.25) is 5.02 Å². The van der Waals surface area contributed by atoms with Gasteiger partial charge in [-0.2, -0.15) is 0 Å². The van der Waals surface area contributed by atoms with Crippen LogP contribution in [0.1, 0.15) is 10.4 Å². The van der Waals surface area contributed by atoms with Gasteiger partial charge in [0, 0.05) is 24.4 Å². The van der Waals surface area contributed by atoms with Crippen molar-refractivity contribution in [1.82, 2.24) is 0 Å². The van der Waals surface area contributed by atoms with Crippen LogP contribution >= 0.6 is 11.6 Å². The van der Waals surface area contributed by atoms with E-state index in [9.17, 15) is 4.79 Å². The van der Waals surface area contributed by atoms with Gasteiger partial charge in [0.15, 0.2) is 0 Å². The zero-order valence-corrected chi connectivity index (χ0v) is 10.1. The number of halogens is 1. The molecule has 0 heterocycles. The number of anilines is 1. The molecule has 0 spiro atoms. The number of benzene rings is 2. The molecular weight excluding hydrogens is 234 g/mol. The van der Waals surface area contributed by atoms with E-state index in [1.54, 1.807) is 42.3 Å². The molecule has 0 aliphatic heterocycles. The second-order valence-corrected chi connectivity index (χ2v) is 4.03. The largest absolute Gasteiger partial charge is 0.311 e. The molecule has 2 nitrogen and oxygen atoms in total. The third-order valence-electron chi connectivity index (χ3n) is 2.46. The smallest absolute Gasteiger partial charge is 0.258 e. The van der Waals surface area contributed by atoms with Crippen molar-refractivity contribution in [2.75, 3.05) is 11.9 Å². The van der Waals surface area contributed by atoms with E-state index in [4.69, 9.17) is 11.6 Å². The first-order valence-electron chi connectivity index (χ1n) is 5.19. The normalized spacial score (nSPS) is 10.0. The van der Waals surface area contributed by atoms with E-state index >= 15 is 0 Å². The molecule has 0 unspecified atom stereocenters. The summed E-state index contributed by atoms with van der Waals surface area (Å²) >= 11 is 5.85. The van der Waals surface area contributed by atoms with E-state index in [2.05, 4.69) is 6.07 Å². The Bertz CT molecular complexity index is 525. The highest BCUT2D eigenvalue weighted by atomic mass is 35.5.